The summed E-state index contributed by atoms with van der Waals surface area (Å²) in [5, 5.41) is 9.03. The Morgan fingerprint density at radius 2 is 2.12 bits per heavy atom. The van der Waals surface area contributed by atoms with E-state index in [0.717, 1.165) is 30.4 Å². The van der Waals surface area contributed by atoms with Gasteiger partial charge in [0, 0.05) is 17.3 Å². The smallest absolute Gasteiger partial charge is 0.297 e. The quantitative estimate of drug-likeness (QED) is 0.404. The molecule has 6 nitrogen and oxygen atoms in total. The predicted octanol–water partition coefficient (Wildman–Crippen LogP) is 3.65. The highest BCUT2D eigenvalue weighted by molar-refractivity contribution is 5.94. The Balaban J connectivity index is 2.37. The number of hydrogen-bond donors (Lipinski definition) is 2. The Morgan fingerprint density at radius 3 is 2.68 bits per heavy atom. The lowest BCUT2D eigenvalue weighted by Gasteiger charge is -2.22. The molecule has 0 unspecified atom stereocenters. The lowest BCUT2D eigenvalue weighted by atomic mass is 10.0. The summed E-state index contributed by atoms with van der Waals surface area (Å²) in [6.45, 7) is 9.05. The predicted molar refractivity (Wildman–Crippen MR) is 94.9 cm³/mol. The van der Waals surface area contributed by atoms with Gasteiger partial charge >= 0.3 is 0 Å². The summed E-state index contributed by atoms with van der Waals surface area (Å²) in [6.07, 6.45) is 6.79. The third-order valence-electron chi connectivity index (χ3n) is 4.14. The summed E-state index contributed by atoms with van der Waals surface area (Å²) >= 11 is 0. The monoisotopic (exact) mass is 350 g/mol. The molecule has 1 aliphatic carbocycles. The fourth-order valence-electron chi connectivity index (χ4n) is 2.51. The number of hydroxylamine groups is 1. The highest BCUT2D eigenvalue weighted by Crippen LogP contribution is 2.38. The van der Waals surface area contributed by atoms with E-state index in [1.54, 1.807) is 11.7 Å². The van der Waals surface area contributed by atoms with Crippen molar-refractivity contribution in [1.29, 1.82) is 0 Å². The molecule has 0 atom stereocenters. The average molecular weight is 350 g/mol. The molecule has 1 aromatic heterocycles. The molecule has 0 saturated heterocycles. The number of carbonyl (C=O) groups is 1. The summed E-state index contributed by atoms with van der Waals surface area (Å²) in [5.74, 6) is 0.461. The van der Waals surface area contributed by atoms with Crippen LogP contribution in [0.2, 0.25) is 0 Å². The lowest BCUT2D eigenvalue weighted by molar-refractivity contribution is -0.0155. The van der Waals surface area contributed by atoms with E-state index in [1.807, 2.05) is 20.8 Å². The van der Waals surface area contributed by atoms with Crippen molar-refractivity contribution in [2.45, 2.75) is 72.0 Å². The molecule has 1 saturated carbocycles. The molecule has 0 bridgehead atoms. The molecular weight excluding hydrogens is 320 g/mol. The topological polar surface area (TPSA) is 80.7 Å². The first kappa shape index (κ1) is 19.7. The second kappa shape index (κ2) is 8.63. The summed E-state index contributed by atoms with van der Waals surface area (Å²) < 4.78 is 11.9. The number of nitrogens with zero attached hydrogens (tertiary/aromatic N) is 1. The number of amides is 1. The first-order chi connectivity index (χ1) is 11.9. The van der Waals surface area contributed by atoms with Crippen molar-refractivity contribution in [3.05, 3.63) is 23.0 Å². The Labute approximate surface area is 149 Å². The van der Waals surface area contributed by atoms with Gasteiger partial charge in [-0.3, -0.25) is 10.0 Å². The Bertz CT molecular complexity index is 592. The van der Waals surface area contributed by atoms with Crippen LogP contribution in [0.25, 0.3) is 0 Å². The van der Waals surface area contributed by atoms with Gasteiger partial charge in [-0.1, -0.05) is 13.3 Å². The standard InChI is InChI=1S/C19H30N2O4/c1-5-6-9-24-17-15(10-13-7-8-13)14(12-25-19(2,3)4)11-20-16(17)18(22)21-23/h11,13,23H,5-10,12H2,1-4H3,(H,21,22). The van der Waals surface area contributed by atoms with Crippen LogP contribution in [0.3, 0.4) is 0 Å². The summed E-state index contributed by atoms with van der Waals surface area (Å²) in [7, 11) is 0. The summed E-state index contributed by atoms with van der Waals surface area (Å²) in [5.41, 5.74) is 3.47. The molecule has 0 radical (unpaired) electrons. The largest absolute Gasteiger partial charge is 0.491 e. The van der Waals surface area contributed by atoms with Gasteiger partial charge in [0.2, 0.25) is 0 Å². The van der Waals surface area contributed by atoms with Gasteiger partial charge < -0.3 is 9.47 Å². The number of nitrogens with one attached hydrogen (secondary N) is 1. The fourth-order valence-corrected chi connectivity index (χ4v) is 2.51. The maximum atomic E-state index is 12.0. The minimum absolute atomic E-state index is 0.133. The van der Waals surface area contributed by atoms with Crippen LogP contribution in [0.15, 0.2) is 6.20 Å². The lowest BCUT2D eigenvalue weighted by Crippen LogP contribution is -2.23. The van der Waals surface area contributed by atoms with Gasteiger partial charge in [-0.2, -0.15) is 0 Å². The van der Waals surface area contributed by atoms with Gasteiger partial charge in [-0.25, -0.2) is 10.5 Å². The van der Waals surface area contributed by atoms with E-state index in [1.165, 1.54) is 12.8 Å². The van der Waals surface area contributed by atoms with Crippen molar-refractivity contribution in [1.82, 2.24) is 10.5 Å². The second-order valence-corrected chi connectivity index (χ2v) is 7.63. The summed E-state index contributed by atoms with van der Waals surface area (Å²) in [4.78, 5) is 16.3. The molecule has 0 aliphatic heterocycles. The van der Waals surface area contributed by atoms with E-state index in [2.05, 4.69) is 11.9 Å². The number of carbonyl (C=O) groups excluding carboxylic acids is 1. The zero-order valence-corrected chi connectivity index (χ0v) is 15.7. The van der Waals surface area contributed by atoms with Crippen molar-refractivity contribution in [3.63, 3.8) is 0 Å². The van der Waals surface area contributed by atoms with E-state index in [-0.39, 0.29) is 11.3 Å². The van der Waals surface area contributed by atoms with Gasteiger partial charge in [0.15, 0.2) is 11.4 Å². The third-order valence-corrected chi connectivity index (χ3v) is 4.14. The molecule has 1 amide bonds. The van der Waals surface area contributed by atoms with Crippen LogP contribution in [-0.2, 0) is 17.8 Å². The van der Waals surface area contributed by atoms with Gasteiger partial charge in [-0.15, -0.1) is 0 Å². The van der Waals surface area contributed by atoms with E-state index < -0.39 is 5.91 Å². The van der Waals surface area contributed by atoms with Gasteiger partial charge in [-0.05, 0) is 52.4 Å². The van der Waals surface area contributed by atoms with Crippen molar-refractivity contribution in [2.75, 3.05) is 6.61 Å². The van der Waals surface area contributed by atoms with Crippen molar-refractivity contribution >= 4 is 5.91 Å². The number of rotatable bonds is 9. The van der Waals surface area contributed by atoms with E-state index >= 15 is 0 Å². The molecule has 0 aromatic carbocycles. The first-order valence-corrected chi connectivity index (χ1v) is 9.07. The zero-order chi connectivity index (χ0) is 18.4. The Morgan fingerprint density at radius 1 is 1.40 bits per heavy atom. The number of aromatic nitrogens is 1. The number of unbranched alkanes of at least 4 members (excludes halogenated alkanes) is 1. The highest BCUT2D eigenvalue weighted by atomic mass is 16.5. The van der Waals surface area contributed by atoms with Gasteiger partial charge in [0.25, 0.3) is 5.91 Å². The van der Waals surface area contributed by atoms with Gasteiger partial charge in [0.1, 0.15) is 0 Å². The molecule has 25 heavy (non-hydrogen) atoms. The van der Waals surface area contributed by atoms with Crippen LogP contribution < -0.4 is 10.2 Å². The molecule has 6 heteroatoms. The maximum Gasteiger partial charge on any atom is 0.297 e. The van der Waals surface area contributed by atoms with E-state index in [0.29, 0.717) is 24.9 Å². The second-order valence-electron chi connectivity index (χ2n) is 7.63. The van der Waals surface area contributed by atoms with Crippen molar-refractivity contribution < 1.29 is 19.5 Å². The van der Waals surface area contributed by atoms with Crippen molar-refractivity contribution in [2.24, 2.45) is 5.92 Å². The fraction of sp³-hybridized carbons (Fsp3) is 0.684. The van der Waals surface area contributed by atoms with E-state index in [9.17, 15) is 4.79 Å². The van der Waals surface area contributed by atoms with Gasteiger partial charge in [0.05, 0.1) is 18.8 Å². The molecule has 140 valence electrons. The minimum atomic E-state index is -0.646. The molecule has 0 spiro atoms. The molecule has 2 rings (SSSR count). The highest BCUT2D eigenvalue weighted by Gasteiger charge is 2.28. The van der Waals surface area contributed by atoms with Crippen LogP contribution >= 0.6 is 0 Å². The average Bonchev–Trinajstić information content (AvgIpc) is 3.37. The normalized spacial score (nSPS) is 14.4. The van der Waals surface area contributed by atoms with E-state index in [4.69, 9.17) is 14.7 Å². The minimum Gasteiger partial charge on any atom is -0.491 e. The van der Waals surface area contributed by atoms with Crippen LogP contribution in [0.5, 0.6) is 5.75 Å². The van der Waals surface area contributed by atoms with Crippen LogP contribution in [0, 0.1) is 5.92 Å². The summed E-state index contributed by atoms with van der Waals surface area (Å²) in [6, 6.07) is 0. The zero-order valence-electron chi connectivity index (χ0n) is 15.7. The van der Waals surface area contributed by atoms with Crippen LogP contribution in [0.4, 0.5) is 0 Å². The van der Waals surface area contributed by atoms with Crippen LogP contribution in [0.1, 0.15) is 75.0 Å². The maximum absolute atomic E-state index is 12.0. The van der Waals surface area contributed by atoms with Crippen molar-refractivity contribution in [3.8, 4) is 5.75 Å². The SMILES string of the molecule is CCCCOc1c(C(=O)NO)ncc(COC(C)(C)C)c1CC1CC1. The number of ether oxygens (including phenoxy) is 2. The molecule has 1 aliphatic rings. The molecule has 2 N–H and O–H groups in total. The Kier molecular flexibility index (Phi) is 6.79. The van der Waals surface area contributed by atoms with Crippen LogP contribution in [-0.4, -0.2) is 28.3 Å². The molecule has 1 aromatic rings. The molecular formula is C19H30N2O4. The third kappa shape index (κ3) is 5.97. The number of hydrogen-bond acceptors (Lipinski definition) is 5. The number of pyridine rings is 1. The Hall–Kier alpha value is -1.66. The molecule has 1 fully saturated rings. The molecule has 1 heterocycles. The first-order valence-electron chi connectivity index (χ1n) is 9.07.